The van der Waals surface area contributed by atoms with Crippen molar-refractivity contribution < 1.29 is 4.74 Å². The second-order valence-electron chi connectivity index (χ2n) is 3.25. The summed E-state index contributed by atoms with van der Waals surface area (Å²) in [6, 6.07) is 8.09. The normalized spacial score (nSPS) is 15.6. The van der Waals surface area contributed by atoms with Crippen LogP contribution in [0.1, 0.15) is 18.4 Å². The number of benzene rings is 1. The molecule has 1 aromatic carbocycles. The summed E-state index contributed by atoms with van der Waals surface area (Å²) in [6.45, 7) is 0. The van der Waals surface area contributed by atoms with Crippen LogP contribution in [-0.4, -0.2) is 18.7 Å². The van der Waals surface area contributed by atoms with Crippen LogP contribution >= 0.6 is 15.9 Å². The summed E-state index contributed by atoms with van der Waals surface area (Å²) < 4.78 is 6.10. The van der Waals surface area contributed by atoms with E-state index in [1.54, 1.807) is 7.11 Å². The van der Waals surface area contributed by atoms with Gasteiger partial charge in [0, 0.05) is 17.3 Å². The maximum Gasteiger partial charge on any atom is 0.208 e. The van der Waals surface area contributed by atoms with E-state index in [2.05, 4.69) is 26.1 Å². The predicted molar refractivity (Wildman–Crippen MR) is 64.4 cm³/mol. The Hall–Kier alpha value is -1.16. The first kappa shape index (κ1) is 10.4. The second kappa shape index (κ2) is 4.57. The van der Waals surface area contributed by atoms with Crippen molar-refractivity contribution >= 4 is 27.5 Å². The van der Waals surface area contributed by atoms with Gasteiger partial charge in [-0.15, -0.1) is 5.10 Å². The van der Waals surface area contributed by atoms with E-state index in [0.29, 0.717) is 5.90 Å². The Morgan fingerprint density at radius 1 is 1.13 bits per heavy atom. The number of rotatable bonds is 1. The van der Waals surface area contributed by atoms with E-state index < -0.39 is 0 Å². The average molecular weight is 267 g/mol. The summed E-state index contributed by atoms with van der Waals surface area (Å²) in [5.74, 6) is 0.705. The summed E-state index contributed by atoms with van der Waals surface area (Å²) >= 11 is 3.40. The van der Waals surface area contributed by atoms with Crippen LogP contribution in [0.5, 0.6) is 0 Å². The summed E-state index contributed by atoms with van der Waals surface area (Å²) in [6.07, 6.45) is 1.71. The smallest absolute Gasteiger partial charge is 0.208 e. The SMILES string of the molecule is COC1=NN=C(c2ccc(Br)cc2)CC1. The zero-order valence-corrected chi connectivity index (χ0v) is 9.99. The Morgan fingerprint density at radius 3 is 2.40 bits per heavy atom. The molecule has 3 nitrogen and oxygen atoms in total. The van der Waals surface area contributed by atoms with Crippen LogP contribution in [0.3, 0.4) is 0 Å². The van der Waals surface area contributed by atoms with Gasteiger partial charge < -0.3 is 4.74 Å². The van der Waals surface area contributed by atoms with Crippen LogP contribution in [0, 0.1) is 0 Å². The molecule has 0 spiro atoms. The molecule has 1 aromatic rings. The van der Waals surface area contributed by atoms with Gasteiger partial charge in [-0.2, -0.15) is 5.10 Å². The molecule has 0 unspecified atom stereocenters. The van der Waals surface area contributed by atoms with Gasteiger partial charge in [-0.05, 0) is 17.7 Å². The highest BCUT2D eigenvalue weighted by Crippen LogP contribution is 2.15. The lowest BCUT2D eigenvalue weighted by atomic mass is 10.1. The van der Waals surface area contributed by atoms with Crippen LogP contribution in [-0.2, 0) is 4.74 Å². The minimum absolute atomic E-state index is 0.705. The number of ether oxygens (including phenoxy) is 1. The molecule has 15 heavy (non-hydrogen) atoms. The lowest BCUT2D eigenvalue weighted by Gasteiger charge is -2.10. The van der Waals surface area contributed by atoms with Crippen molar-refractivity contribution in [3.8, 4) is 0 Å². The third kappa shape index (κ3) is 2.45. The van der Waals surface area contributed by atoms with Crippen molar-refractivity contribution in [2.45, 2.75) is 12.8 Å². The average Bonchev–Trinajstić information content (AvgIpc) is 2.30. The first-order chi connectivity index (χ1) is 7.29. The molecule has 0 radical (unpaired) electrons. The monoisotopic (exact) mass is 266 g/mol. The minimum Gasteiger partial charge on any atom is -0.483 e. The molecule has 0 saturated carbocycles. The Labute approximate surface area is 97.0 Å². The summed E-state index contributed by atoms with van der Waals surface area (Å²) in [7, 11) is 1.62. The molecule has 2 rings (SSSR count). The van der Waals surface area contributed by atoms with E-state index in [1.807, 2.05) is 24.3 Å². The van der Waals surface area contributed by atoms with Crippen molar-refractivity contribution in [3.63, 3.8) is 0 Å². The molecule has 0 N–H and O–H groups in total. The van der Waals surface area contributed by atoms with E-state index in [9.17, 15) is 0 Å². The van der Waals surface area contributed by atoms with E-state index in [4.69, 9.17) is 4.74 Å². The number of hydrogen-bond donors (Lipinski definition) is 0. The van der Waals surface area contributed by atoms with E-state index in [1.165, 1.54) is 0 Å². The molecule has 1 aliphatic heterocycles. The fourth-order valence-corrected chi connectivity index (χ4v) is 1.69. The summed E-state index contributed by atoms with van der Waals surface area (Å²) in [5.41, 5.74) is 2.14. The third-order valence-electron chi connectivity index (χ3n) is 2.27. The molecular formula is C11H11BrN2O. The molecule has 0 amide bonds. The molecule has 0 atom stereocenters. The van der Waals surface area contributed by atoms with Gasteiger partial charge in [0.15, 0.2) is 0 Å². The molecule has 0 fully saturated rings. The van der Waals surface area contributed by atoms with Gasteiger partial charge in [0.2, 0.25) is 5.90 Å². The van der Waals surface area contributed by atoms with E-state index in [0.717, 1.165) is 28.6 Å². The summed E-state index contributed by atoms with van der Waals surface area (Å²) in [5, 5.41) is 8.14. The zero-order chi connectivity index (χ0) is 10.7. The Balaban J connectivity index is 2.22. The lowest BCUT2D eigenvalue weighted by molar-refractivity contribution is 0.387. The van der Waals surface area contributed by atoms with Gasteiger partial charge in [-0.1, -0.05) is 28.1 Å². The lowest BCUT2D eigenvalue weighted by Crippen LogP contribution is -2.11. The minimum atomic E-state index is 0.705. The third-order valence-corrected chi connectivity index (χ3v) is 2.80. The zero-order valence-electron chi connectivity index (χ0n) is 8.40. The number of halogens is 1. The molecule has 0 saturated heterocycles. The molecule has 1 heterocycles. The molecule has 4 heteroatoms. The summed E-state index contributed by atoms with van der Waals surface area (Å²) in [4.78, 5) is 0. The van der Waals surface area contributed by atoms with Crippen molar-refractivity contribution in [1.82, 2.24) is 0 Å². The fraction of sp³-hybridized carbons (Fsp3) is 0.273. The van der Waals surface area contributed by atoms with Gasteiger partial charge in [0.1, 0.15) is 0 Å². The highest BCUT2D eigenvalue weighted by atomic mass is 79.9. The van der Waals surface area contributed by atoms with Gasteiger partial charge in [-0.3, -0.25) is 0 Å². The maximum atomic E-state index is 5.03. The van der Waals surface area contributed by atoms with Crippen LogP contribution in [0.4, 0.5) is 0 Å². The quantitative estimate of drug-likeness (QED) is 0.770. The second-order valence-corrected chi connectivity index (χ2v) is 4.17. The van der Waals surface area contributed by atoms with Gasteiger partial charge in [-0.25, -0.2) is 0 Å². The highest BCUT2D eigenvalue weighted by molar-refractivity contribution is 9.10. The Morgan fingerprint density at radius 2 is 1.87 bits per heavy atom. The first-order valence-electron chi connectivity index (χ1n) is 4.73. The molecule has 0 aliphatic carbocycles. The van der Waals surface area contributed by atoms with Crippen LogP contribution in [0.25, 0.3) is 0 Å². The van der Waals surface area contributed by atoms with Crippen LogP contribution in [0.15, 0.2) is 38.9 Å². The van der Waals surface area contributed by atoms with Gasteiger partial charge in [0.25, 0.3) is 0 Å². The number of hydrogen-bond acceptors (Lipinski definition) is 3. The Kier molecular flexibility index (Phi) is 3.16. The van der Waals surface area contributed by atoms with Gasteiger partial charge in [0.05, 0.1) is 12.8 Å². The molecule has 0 bridgehead atoms. The standard InChI is InChI=1S/C11H11BrN2O/c1-15-11-7-6-10(13-14-11)8-2-4-9(12)5-3-8/h2-5H,6-7H2,1H3. The Bertz CT molecular complexity index is 409. The van der Waals surface area contributed by atoms with Crippen molar-refractivity contribution in [2.24, 2.45) is 10.2 Å². The number of methoxy groups -OCH3 is 1. The first-order valence-corrected chi connectivity index (χ1v) is 5.52. The van der Waals surface area contributed by atoms with Crippen molar-refractivity contribution in [1.29, 1.82) is 0 Å². The maximum absolute atomic E-state index is 5.03. The molecular weight excluding hydrogens is 256 g/mol. The molecule has 78 valence electrons. The van der Waals surface area contributed by atoms with Gasteiger partial charge >= 0.3 is 0 Å². The van der Waals surface area contributed by atoms with Crippen molar-refractivity contribution in [2.75, 3.05) is 7.11 Å². The van der Waals surface area contributed by atoms with Crippen LogP contribution < -0.4 is 0 Å². The highest BCUT2D eigenvalue weighted by Gasteiger charge is 2.11. The fourth-order valence-electron chi connectivity index (χ4n) is 1.43. The molecule has 0 aromatic heterocycles. The van der Waals surface area contributed by atoms with E-state index >= 15 is 0 Å². The topological polar surface area (TPSA) is 34.0 Å². The largest absolute Gasteiger partial charge is 0.483 e. The van der Waals surface area contributed by atoms with Crippen molar-refractivity contribution in [3.05, 3.63) is 34.3 Å². The molecule has 1 aliphatic rings. The number of nitrogens with zero attached hydrogens (tertiary/aromatic N) is 2. The van der Waals surface area contributed by atoms with Crippen LogP contribution in [0.2, 0.25) is 0 Å². The predicted octanol–water partition coefficient (Wildman–Crippen LogP) is 2.99. The van der Waals surface area contributed by atoms with E-state index in [-0.39, 0.29) is 0 Å².